The maximum Gasteiger partial charge on any atom is 0.238 e. The van der Waals surface area contributed by atoms with E-state index in [2.05, 4.69) is 11.4 Å². The molecule has 164 valence electrons. The van der Waals surface area contributed by atoms with Gasteiger partial charge in [0.15, 0.2) is 0 Å². The van der Waals surface area contributed by atoms with Gasteiger partial charge in [-0.05, 0) is 64.7 Å². The van der Waals surface area contributed by atoms with E-state index in [1.54, 1.807) is 19.2 Å². The number of nitrogens with one attached hydrogen (secondary N) is 1. The van der Waals surface area contributed by atoms with Crippen molar-refractivity contribution >= 4 is 20.8 Å². The van der Waals surface area contributed by atoms with Gasteiger partial charge in [-0.1, -0.05) is 60.7 Å². The molecule has 6 heteroatoms. The van der Waals surface area contributed by atoms with Crippen LogP contribution in [-0.4, -0.2) is 22.1 Å². The summed E-state index contributed by atoms with van der Waals surface area (Å²) in [6, 6.07) is 27.1. The Balaban J connectivity index is 1.56. The average Bonchev–Trinajstić information content (AvgIpc) is 2.81. The largest absolute Gasteiger partial charge is 0.497 e. The van der Waals surface area contributed by atoms with Crippen molar-refractivity contribution in [2.24, 2.45) is 5.14 Å². The summed E-state index contributed by atoms with van der Waals surface area (Å²) in [6.07, 6.45) is 0.885. The molecule has 0 radical (unpaired) electrons. The summed E-state index contributed by atoms with van der Waals surface area (Å²) in [6.45, 7) is 1.49. The summed E-state index contributed by atoms with van der Waals surface area (Å²) in [4.78, 5) is 0.138. The molecule has 0 aromatic heterocycles. The van der Waals surface area contributed by atoms with Crippen LogP contribution >= 0.6 is 0 Å². The standard InChI is InChI=1S/C26H26N2O3S/c1-31-23-10-5-6-19(17-23)14-15-28-18-20-7-4-9-22(16-20)26-24-11-3-2-8-21(24)12-13-25(26)32(27,29)30/h2-13,16-17,28H,14-15,18H2,1H3,(H2,27,29,30). The number of fused-ring (bicyclic) bond motifs is 1. The maximum atomic E-state index is 12.3. The predicted octanol–water partition coefficient (Wildman–Crippen LogP) is 4.50. The molecule has 0 spiro atoms. The SMILES string of the molecule is COc1cccc(CCNCc2cccc(-c3c(S(N)(=O)=O)ccc4ccccc34)c2)c1. The Labute approximate surface area is 188 Å². The molecule has 0 aliphatic heterocycles. The quantitative estimate of drug-likeness (QED) is 0.391. The lowest BCUT2D eigenvalue weighted by molar-refractivity contribution is 0.414. The highest BCUT2D eigenvalue weighted by atomic mass is 32.2. The van der Waals surface area contributed by atoms with E-state index in [0.717, 1.165) is 40.6 Å². The van der Waals surface area contributed by atoms with Crippen molar-refractivity contribution in [1.29, 1.82) is 0 Å². The number of methoxy groups -OCH3 is 1. The Bertz CT molecular complexity index is 1350. The fourth-order valence-electron chi connectivity index (χ4n) is 3.92. The Kier molecular flexibility index (Phi) is 6.55. The Morgan fingerprint density at radius 3 is 2.47 bits per heavy atom. The van der Waals surface area contributed by atoms with E-state index >= 15 is 0 Å². The average molecular weight is 447 g/mol. The molecule has 0 atom stereocenters. The van der Waals surface area contributed by atoms with Gasteiger partial charge in [0.2, 0.25) is 10.0 Å². The van der Waals surface area contributed by atoms with Crippen molar-refractivity contribution in [1.82, 2.24) is 5.32 Å². The first kappa shape index (κ1) is 22.0. The summed E-state index contributed by atoms with van der Waals surface area (Å²) in [5.74, 6) is 0.857. The molecular formula is C26H26N2O3S. The van der Waals surface area contributed by atoms with Crippen LogP contribution in [0.2, 0.25) is 0 Å². The van der Waals surface area contributed by atoms with Crippen molar-refractivity contribution in [3.8, 4) is 16.9 Å². The molecule has 0 fully saturated rings. The molecule has 0 aliphatic rings. The van der Waals surface area contributed by atoms with Gasteiger partial charge in [-0.25, -0.2) is 13.6 Å². The smallest absolute Gasteiger partial charge is 0.238 e. The molecule has 32 heavy (non-hydrogen) atoms. The number of hydrogen-bond acceptors (Lipinski definition) is 4. The number of hydrogen-bond donors (Lipinski definition) is 2. The summed E-state index contributed by atoms with van der Waals surface area (Å²) >= 11 is 0. The summed E-state index contributed by atoms with van der Waals surface area (Å²) in [7, 11) is -2.20. The first-order chi connectivity index (χ1) is 15.5. The monoisotopic (exact) mass is 446 g/mol. The highest BCUT2D eigenvalue weighted by molar-refractivity contribution is 7.89. The van der Waals surface area contributed by atoms with Gasteiger partial charge >= 0.3 is 0 Å². The van der Waals surface area contributed by atoms with Crippen molar-refractivity contribution in [2.45, 2.75) is 17.9 Å². The van der Waals surface area contributed by atoms with Gasteiger partial charge in [0.25, 0.3) is 0 Å². The molecule has 5 nitrogen and oxygen atoms in total. The van der Waals surface area contributed by atoms with E-state index in [4.69, 9.17) is 9.88 Å². The fourth-order valence-corrected chi connectivity index (χ4v) is 4.69. The van der Waals surface area contributed by atoms with Gasteiger partial charge in [-0.3, -0.25) is 0 Å². The van der Waals surface area contributed by atoms with E-state index < -0.39 is 10.0 Å². The lowest BCUT2D eigenvalue weighted by Gasteiger charge is -2.14. The predicted molar refractivity (Wildman–Crippen MR) is 129 cm³/mol. The molecule has 4 aromatic carbocycles. The first-order valence-electron chi connectivity index (χ1n) is 10.4. The van der Waals surface area contributed by atoms with Gasteiger partial charge in [0, 0.05) is 12.1 Å². The third-order valence-corrected chi connectivity index (χ3v) is 6.42. The second-order valence-electron chi connectivity index (χ2n) is 7.68. The van der Waals surface area contributed by atoms with Crippen LogP contribution in [0.3, 0.4) is 0 Å². The molecule has 0 saturated heterocycles. The Hall–Kier alpha value is -3.19. The lowest BCUT2D eigenvalue weighted by atomic mass is 9.97. The maximum absolute atomic E-state index is 12.3. The number of ether oxygens (including phenoxy) is 1. The van der Waals surface area contributed by atoms with Gasteiger partial charge in [0.05, 0.1) is 12.0 Å². The van der Waals surface area contributed by atoms with Crippen molar-refractivity contribution < 1.29 is 13.2 Å². The first-order valence-corrected chi connectivity index (χ1v) is 12.0. The molecule has 0 heterocycles. The van der Waals surface area contributed by atoms with E-state index in [1.165, 1.54) is 5.56 Å². The van der Waals surface area contributed by atoms with Gasteiger partial charge in [0.1, 0.15) is 5.75 Å². The highest BCUT2D eigenvalue weighted by Gasteiger charge is 2.18. The summed E-state index contributed by atoms with van der Waals surface area (Å²) < 4.78 is 29.9. The second kappa shape index (κ2) is 9.53. The second-order valence-corrected chi connectivity index (χ2v) is 9.21. The number of primary sulfonamides is 1. The number of sulfonamides is 1. The van der Waals surface area contributed by atoms with Crippen LogP contribution in [0.5, 0.6) is 5.75 Å². The van der Waals surface area contributed by atoms with E-state index in [1.807, 2.05) is 66.7 Å². The molecule has 0 amide bonds. The molecule has 4 aromatic rings. The third-order valence-electron chi connectivity index (χ3n) is 5.47. The highest BCUT2D eigenvalue weighted by Crippen LogP contribution is 2.34. The topological polar surface area (TPSA) is 81.4 Å². The third kappa shape index (κ3) is 4.99. The molecule has 0 saturated carbocycles. The van der Waals surface area contributed by atoms with Crippen LogP contribution in [0.25, 0.3) is 21.9 Å². The molecule has 3 N–H and O–H groups in total. The molecule has 0 aliphatic carbocycles. The number of benzene rings is 4. The van der Waals surface area contributed by atoms with Crippen LogP contribution in [0.15, 0.2) is 89.8 Å². The van der Waals surface area contributed by atoms with Crippen LogP contribution in [0.4, 0.5) is 0 Å². The minimum atomic E-state index is -3.87. The van der Waals surface area contributed by atoms with Gasteiger partial charge in [-0.15, -0.1) is 0 Å². The fraction of sp³-hybridized carbons (Fsp3) is 0.154. The van der Waals surface area contributed by atoms with Crippen LogP contribution in [0, 0.1) is 0 Å². The van der Waals surface area contributed by atoms with Crippen LogP contribution in [0.1, 0.15) is 11.1 Å². The van der Waals surface area contributed by atoms with Gasteiger partial charge in [-0.2, -0.15) is 0 Å². The normalized spacial score (nSPS) is 11.6. The van der Waals surface area contributed by atoms with E-state index in [9.17, 15) is 8.42 Å². The zero-order valence-corrected chi connectivity index (χ0v) is 18.7. The Morgan fingerprint density at radius 2 is 1.66 bits per heavy atom. The number of nitrogens with two attached hydrogens (primary N) is 1. The lowest BCUT2D eigenvalue weighted by Crippen LogP contribution is -2.17. The van der Waals surface area contributed by atoms with E-state index in [0.29, 0.717) is 12.1 Å². The molecule has 4 rings (SSSR count). The zero-order chi connectivity index (χ0) is 22.6. The van der Waals surface area contributed by atoms with Crippen LogP contribution < -0.4 is 15.2 Å². The van der Waals surface area contributed by atoms with Crippen LogP contribution in [-0.2, 0) is 23.0 Å². The number of rotatable bonds is 8. The molecule has 0 unspecified atom stereocenters. The van der Waals surface area contributed by atoms with E-state index in [-0.39, 0.29) is 4.90 Å². The zero-order valence-electron chi connectivity index (χ0n) is 17.9. The van der Waals surface area contributed by atoms with Crippen molar-refractivity contribution in [2.75, 3.05) is 13.7 Å². The minimum absolute atomic E-state index is 0.138. The molecular weight excluding hydrogens is 420 g/mol. The molecule has 0 bridgehead atoms. The van der Waals surface area contributed by atoms with Crippen molar-refractivity contribution in [3.63, 3.8) is 0 Å². The summed E-state index contributed by atoms with van der Waals surface area (Å²) in [5.41, 5.74) is 3.75. The van der Waals surface area contributed by atoms with Gasteiger partial charge < -0.3 is 10.1 Å². The van der Waals surface area contributed by atoms with Crippen molar-refractivity contribution in [3.05, 3.63) is 96.1 Å². The Morgan fingerprint density at radius 1 is 0.875 bits per heavy atom. The minimum Gasteiger partial charge on any atom is -0.497 e. The summed E-state index contributed by atoms with van der Waals surface area (Å²) in [5, 5.41) is 10.8.